The first kappa shape index (κ1) is 11.2. The number of aromatic nitrogens is 3. The van der Waals surface area contributed by atoms with Crippen molar-refractivity contribution in [3.63, 3.8) is 0 Å². The highest BCUT2D eigenvalue weighted by atomic mass is 32.2. The van der Waals surface area contributed by atoms with E-state index in [-0.39, 0.29) is 0 Å². The van der Waals surface area contributed by atoms with E-state index < -0.39 is 6.10 Å². The minimum absolute atomic E-state index is 0.516. The summed E-state index contributed by atoms with van der Waals surface area (Å²) in [5.41, 5.74) is 0.690. The van der Waals surface area contributed by atoms with E-state index in [1.54, 1.807) is 29.6 Å². The van der Waals surface area contributed by atoms with Crippen molar-refractivity contribution in [3.05, 3.63) is 36.4 Å². The van der Waals surface area contributed by atoms with Gasteiger partial charge in [-0.2, -0.15) is 5.10 Å². The molecule has 0 fully saturated rings. The second-order valence-electron chi connectivity index (χ2n) is 3.55. The van der Waals surface area contributed by atoms with E-state index in [2.05, 4.69) is 10.1 Å². The molecule has 0 amide bonds. The molecule has 0 radical (unpaired) electrons. The minimum atomic E-state index is -0.516. The van der Waals surface area contributed by atoms with Crippen LogP contribution in [0, 0.1) is 0 Å². The topological polar surface area (TPSA) is 50.9 Å². The largest absolute Gasteiger partial charge is 0.387 e. The van der Waals surface area contributed by atoms with Gasteiger partial charge in [0.25, 0.3) is 0 Å². The lowest BCUT2D eigenvalue weighted by atomic mass is 10.2. The molecule has 2 rings (SSSR count). The maximum atomic E-state index is 9.33. The molecule has 84 valence electrons. The Morgan fingerprint density at radius 3 is 2.62 bits per heavy atom. The predicted molar refractivity (Wildman–Crippen MR) is 62.2 cm³/mol. The van der Waals surface area contributed by atoms with Crippen molar-refractivity contribution in [1.29, 1.82) is 0 Å². The Kier molecular flexibility index (Phi) is 3.26. The lowest BCUT2D eigenvalue weighted by molar-refractivity contribution is 0.194. The monoisotopic (exact) mass is 235 g/mol. The van der Waals surface area contributed by atoms with Crippen LogP contribution < -0.4 is 0 Å². The highest BCUT2D eigenvalue weighted by molar-refractivity contribution is 7.99. The third-order valence-corrected chi connectivity index (χ3v) is 3.03. The molecule has 0 bridgehead atoms. The zero-order valence-electron chi connectivity index (χ0n) is 9.16. The maximum absolute atomic E-state index is 9.33. The van der Waals surface area contributed by atoms with Gasteiger partial charge >= 0.3 is 0 Å². The molecule has 0 saturated carbocycles. The summed E-state index contributed by atoms with van der Waals surface area (Å²) in [6.07, 6.45) is 5.01. The smallest absolute Gasteiger partial charge is 0.0931 e. The molecule has 0 aliphatic rings. The highest BCUT2D eigenvalue weighted by Gasteiger charge is 2.03. The summed E-state index contributed by atoms with van der Waals surface area (Å²) in [6.45, 7) is 1.70. The molecule has 0 unspecified atom stereocenters. The molecule has 0 aliphatic heterocycles. The third-order valence-electron chi connectivity index (χ3n) is 2.10. The molecular weight excluding hydrogens is 222 g/mol. The Hall–Kier alpha value is -1.33. The molecule has 5 heteroatoms. The number of hydrogen-bond donors (Lipinski definition) is 1. The molecule has 0 saturated heterocycles. The van der Waals surface area contributed by atoms with Gasteiger partial charge < -0.3 is 5.11 Å². The van der Waals surface area contributed by atoms with Crippen LogP contribution in [0.3, 0.4) is 0 Å². The first-order valence-corrected chi connectivity index (χ1v) is 5.77. The van der Waals surface area contributed by atoms with Crippen LogP contribution in [0.15, 0.2) is 40.5 Å². The average Bonchev–Trinajstić information content (AvgIpc) is 2.65. The Labute approximate surface area is 98.3 Å². The lowest BCUT2D eigenvalue weighted by Crippen LogP contribution is -1.94. The minimum Gasteiger partial charge on any atom is -0.387 e. The molecular formula is C11H13N3OS. The Bertz CT molecular complexity index is 464. The first-order valence-electron chi connectivity index (χ1n) is 4.95. The van der Waals surface area contributed by atoms with Gasteiger partial charge in [-0.1, -0.05) is 11.8 Å². The average molecular weight is 235 g/mol. The normalized spacial score (nSPS) is 12.7. The highest BCUT2D eigenvalue weighted by Crippen LogP contribution is 2.26. The van der Waals surface area contributed by atoms with Crippen molar-refractivity contribution in [2.45, 2.75) is 22.8 Å². The van der Waals surface area contributed by atoms with Gasteiger partial charge in [0.1, 0.15) is 0 Å². The zero-order chi connectivity index (χ0) is 11.5. The molecule has 16 heavy (non-hydrogen) atoms. The van der Waals surface area contributed by atoms with Crippen molar-refractivity contribution in [2.24, 2.45) is 7.05 Å². The van der Waals surface area contributed by atoms with Gasteiger partial charge in [-0.3, -0.25) is 9.67 Å². The number of nitrogens with zero attached hydrogens (tertiary/aromatic N) is 3. The van der Waals surface area contributed by atoms with E-state index in [1.807, 2.05) is 31.6 Å². The van der Waals surface area contributed by atoms with Crippen molar-refractivity contribution < 1.29 is 5.11 Å². The van der Waals surface area contributed by atoms with Crippen molar-refractivity contribution in [2.75, 3.05) is 0 Å². The van der Waals surface area contributed by atoms with Crippen LogP contribution in [0.4, 0.5) is 0 Å². The van der Waals surface area contributed by atoms with Gasteiger partial charge in [0.2, 0.25) is 0 Å². The van der Waals surface area contributed by atoms with Crippen molar-refractivity contribution in [1.82, 2.24) is 14.8 Å². The first-order chi connectivity index (χ1) is 7.65. The maximum Gasteiger partial charge on any atom is 0.0931 e. The molecule has 2 aromatic rings. The van der Waals surface area contributed by atoms with Crippen LogP contribution in [-0.4, -0.2) is 19.9 Å². The summed E-state index contributed by atoms with van der Waals surface area (Å²) in [6, 6.07) is 3.79. The summed E-state index contributed by atoms with van der Waals surface area (Å²) in [5.74, 6) is 0. The summed E-state index contributed by atoms with van der Waals surface area (Å²) in [5, 5.41) is 13.4. The molecule has 0 aromatic carbocycles. The van der Waals surface area contributed by atoms with Gasteiger partial charge in [-0.25, -0.2) is 0 Å². The second-order valence-corrected chi connectivity index (χ2v) is 4.69. The van der Waals surface area contributed by atoms with E-state index in [0.717, 1.165) is 9.79 Å². The van der Waals surface area contributed by atoms with E-state index in [1.165, 1.54) is 0 Å². The van der Waals surface area contributed by atoms with E-state index in [4.69, 9.17) is 0 Å². The van der Waals surface area contributed by atoms with Gasteiger partial charge in [-0.05, 0) is 19.1 Å². The van der Waals surface area contributed by atoms with E-state index in [0.29, 0.717) is 5.69 Å². The number of aliphatic hydroxyl groups excluding tert-OH is 1. The molecule has 0 aliphatic carbocycles. The molecule has 4 nitrogen and oxygen atoms in total. The van der Waals surface area contributed by atoms with Gasteiger partial charge in [0.05, 0.1) is 22.9 Å². The number of rotatable bonds is 3. The predicted octanol–water partition coefficient (Wildman–Crippen LogP) is 2.02. The fraction of sp³-hybridized carbons (Fsp3) is 0.273. The van der Waals surface area contributed by atoms with Gasteiger partial charge in [0, 0.05) is 24.3 Å². The van der Waals surface area contributed by atoms with Crippen LogP contribution in [0.25, 0.3) is 0 Å². The quantitative estimate of drug-likeness (QED) is 0.884. The zero-order valence-corrected chi connectivity index (χ0v) is 9.98. The van der Waals surface area contributed by atoms with E-state index >= 15 is 0 Å². The van der Waals surface area contributed by atoms with Crippen LogP contribution in [0.1, 0.15) is 18.7 Å². The number of aliphatic hydroxyl groups is 1. The van der Waals surface area contributed by atoms with Gasteiger partial charge in [0.15, 0.2) is 0 Å². The number of aryl methyl sites for hydroxylation is 1. The van der Waals surface area contributed by atoms with Crippen molar-refractivity contribution >= 4 is 11.8 Å². The van der Waals surface area contributed by atoms with E-state index in [9.17, 15) is 5.11 Å². The lowest BCUT2D eigenvalue weighted by Gasteiger charge is -2.03. The SMILES string of the molecule is C[C@@H](O)c1ccc(Sc2cnn(C)c2)cn1. The molecule has 1 N–H and O–H groups in total. The standard InChI is InChI=1S/C11H13N3OS/c1-8(15)11-4-3-9(5-12-11)16-10-6-13-14(2)7-10/h3-8,15H,1-2H3/t8-/m1/s1. The van der Waals surface area contributed by atoms with Crippen LogP contribution in [-0.2, 0) is 7.05 Å². The molecule has 2 heterocycles. The Balaban J connectivity index is 2.11. The fourth-order valence-electron chi connectivity index (χ4n) is 1.29. The fourth-order valence-corrected chi connectivity index (χ4v) is 2.11. The van der Waals surface area contributed by atoms with Crippen LogP contribution in [0.2, 0.25) is 0 Å². The number of hydrogen-bond acceptors (Lipinski definition) is 4. The van der Waals surface area contributed by atoms with Gasteiger partial charge in [-0.15, -0.1) is 0 Å². The van der Waals surface area contributed by atoms with Crippen LogP contribution in [0.5, 0.6) is 0 Å². The molecule has 2 aromatic heterocycles. The Morgan fingerprint density at radius 2 is 2.12 bits per heavy atom. The number of pyridine rings is 1. The second kappa shape index (κ2) is 4.67. The Morgan fingerprint density at radius 1 is 1.31 bits per heavy atom. The summed E-state index contributed by atoms with van der Waals surface area (Å²) >= 11 is 1.60. The third kappa shape index (κ3) is 2.62. The molecule has 1 atom stereocenters. The summed E-state index contributed by atoms with van der Waals surface area (Å²) in [7, 11) is 1.89. The van der Waals surface area contributed by atoms with Crippen LogP contribution >= 0.6 is 11.8 Å². The summed E-state index contributed by atoms with van der Waals surface area (Å²) in [4.78, 5) is 6.30. The summed E-state index contributed by atoms with van der Waals surface area (Å²) < 4.78 is 1.76. The van der Waals surface area contributed by atoms with Crippen molar-refractivity contribution in [3.8, 4) is 0 Å². The molecule has 0 spiro atoms.